The number of nitrogens with zero attached hydrogens (tertiary/aromatic N) is 1. The Balaban J connectivity index is 1.41. The standard InChI is InChI=1S/C23H20N2O5/c26-20(24-17-7-2-1-6-16(17)23(29)30)14-4-3-5-15(11-14)25-21(27)18-12-8-9-13(10-12)19(18)22(25)28/h1-7,11-13,18-19H,8-10H2,(H,24,26)(H,29,30)/t12-,13-,18-,19+/m0/s1. The van der Waals surface area contributed by atoms with Crippen LogP contribution in [0.2, 0.25) is 0 Å². The third-order valence-electron chi connectivity index (χ3n) is 6.70. The highest BCUT2D eigenvalue weighted by Gasteiger charge is 2.61. The van der Waals surface area contributed by atoms with E-state index in [1.165, 1.54) is 23.1 Å². The average molecular weight is 404 g/mol. The summed E-state index contributed by atoms with van der Waals surface area (Å²) in [5, 5.41) is 11.9. The van der Waals surface area contributed by atoms with Crippen molar-refractivity contribution in [3.8, 4) is 0 Å². The van der Waals surface area contributed by atoms with Gasteiger partial charge in [-0.05, 0) is 61.4 Å². The zero-order valence-electron chi connectivity index (χ0n) is 16.1. The van der Waals surface area contributed by atoms with Crippen LogP contribution in [0.25, 0.3) is 0 Å². The third kappa shape index (κ3) is 2.73. The Labute approximate surface area is 172 Å². The van der Waals surface area contributed by atoms with E-state index in [4.69, 9.17) is 0 Å². The van der Waals surface area contributed by atoms with E-state index < -0.39 is 11.9 Å². The van der Waals surface area contributed by atoms with Crippen molar-refractivity contribution in [2.75, 3.05) is 10.2 Å². The smallest absolute Gasteiger partial charge is 0.337 e. The van der Waals surface area contributed by atoms with Crippen LogP contribution in [-0.4, -0.2) is 28.8 Å². The highest BCUT2D eigenvalue weighted by Crippen LogP contribution is 2.56. The number of fused-ring (bicyclic) bond motifs is 5. The van der Waals surface area contributed by atoms with Crippen LogP contribution in [0, 0.1) is 23.7 Å². The van der Waals surface area contributed by atoms with Crippen molar-refractivity contribution in [1.82, 2.24) is 0 Å². The molecule has 0 unspecified atom stereocenters. The average Bonchev–Trinajstić information content (AvgIpc) is 3.42. The summed E-state index contributed by atoms with van der Waals surface area (Å²) in [4.78, 5) is 51.4. The van der Waals surface area contributed by atoms with Gasteiger partial charge in [-0.25, -0.2) is 4.79 Å². The van der Waals surface area contributed by atoms with Crippen LogP contribution in [0.4, 0.5) is 11.4 Å². The molecule has 1 aliphatic heterocycles. The molecule has 5 rings (SSSR count). The lowest BCUT2D eigenvalue weighted by atomic mass is 9.81. The maximum absolute atomic E-state index is 13.0. The van der Waals surface area contributed by atoms with Gasteiger partial charge in [-0.15, -0.1) is 0 Å². The van der Waals surface area contributed by atoms with Gasteiger partial charge in [0.25, 0.3) is 5.91 Å². The van der Waals surface area contributed by atoms with Crippen molar-refractivity contribution in [2.45, 2.75) is 19.3 Å². The number of para-hydroxylation sites is 1. The van der Waals surface area contributed by atoms with Crippen LogP contribution in [0.1, 0.15) is 40.0 Å². The molecule has 152 valence electrons. The van der Waals surface area contributed by atoms with Gasteiger partial charge in [-0.1, -0.05) is 18.2 Å². The normalized spacial score (nSPS) is 26.7. The number of hydrogen-bond acceptors (Lipinski definition) is 4. The minimum Gasteiger partial charge on any atom is -0.478 e. The third-order valence-corrected chi connectivity index (χ3v) is 6.70. The summed E-state index contributed by atoms with van der Waals surface area (Å²) in [6.45, 7) is 0. The Bertz CT molecular complexity index is 1070. The summed E-state index contributed by atoms with van der Waals surface area (Å²) in [6.07, 6.45) is 2.97. The summed E-state index contributed by atoms with van der Waals surface area (Å²) in [6, 6.07) is 12.5. The monoisotopic (exact) mass is 404 g/mol. The van der Waals surface area contributed by atoms with Crippen molar-refractivity contribution in [3.63, 3.8) is 0 Å². The van der Waals surface area contributed by atoms with Crippen LogP contribution in [-0.2, 0) is 9.59 Å². The summed E-state index contributed by atoms with van der Waals surface area (Å²) in [5.41, 5.74) is 0.793. The van der Waals surface area contributed by atoms with Gasteiger partial charge in [0.15, 0.2) is 0 Å². The van der Waals surface area contributed by atoms with Crippen LogP contribution in [0.5, 0.6) is 0 Å². The Kier molecular flexibility index (Phi) is 4.20. The number of carboxylic acid groups (broad SMARTS) is 1. The number of aromatic carboxylic acids is 1. The first kappa shape index (κ1) is 18.5. The fourth-order valence-corrected chi connectivity index (χ4v) is 5.42. The molecule has 4 atom stereocenters. The fourth-order valence-electron chi connectivity index (χ4n) is 5.42. The van der Waals surface area contributed by atoms with Gasteiger partial charge in [0.2, 0.25) is 11.8 Å². The van der Waals surface area contributed by atoms with Gasteiger partial charge in [0, 0.05) is 5.56 Å². The first-order valence-corrected chi connectivity index (χ1v) is 10.1. The summed E-state index contributed by atoms with van der Waals surface area (Å²) >= 11 is 0. The second-order valence-electron chi connectivity index (χ2n) is 8.25. The molecule has 2 aromatic carbocycles. The molecule has 0 aromatic heterocycles. The van der Waals surface area contributed by atoms with Gasteiger partial charge in [0.1, 0.15) is 0 Å². The number of hydrogen-bond donors (Lipinski definition) is 2. The second-order valence-corrected chi connectivity index (χ2v) is 8.25. The van der Waals surface area contributed by atoms with E-state index in [0.717, 1.165) is 19.3 Å². The summed E-state index contributed by atoms with van der Waals surface area (Å²) < 4.78 is 0. The molecule has 2 saturated carbocycles. The lowest BCUT2D eigenvalue weighted by Gasteiger charge is -2.19. The van der Waals surface area contributed by atoms with Crippen LogP contribution < -0.4 is 10.2 Å². The Hall–Kier alpha value is -3.48. The predicted octanol–water partition coefficient (Wildman–Crippen LogP) is 3.17. The molecule has 3 fully saturated rings. The zero-order valence-corrected chi connectivity index (χ0v) is 16.1. The van der Waals surface area contributed by atoms with Crippen molar-refractivity contribution < 1.29 is 24.3 Å². The van der Waals surface area contributed by atoms with E-state index in [2.05, 4.69) is 5.32 Å². The van der Waals surface area contributed by atoms with Crippen molar-refractivity contribution in [3.05, 3.63) is 59.7 Å². The lowest BCUT2D eigenvalue weighted by Crippen LogP contribution is -2.33. The molecule has 0 radical (unpaired) electrons. The molecule has 7 heteroatoms. The van der Waals surface area contributed by atoms with Crippen molar-refractivity contribution in [2.24, 2.45) is 23.7 Å². The van der Waals surface area contributed by atoms with E-state index in [1.807, 2.05) is 0 Å². The number of carbonyl (C=O) groups excluding carboxylic acids is 3. The van der Waals surface area contributed by atoms with Gasteiger partial charge in [0.05, 0.1) is 28.8 Å². The largest absolute Gasteiger partial charge is 0.478 e. The summed E-state index contributed by atoms with van der Waals surface area (Å²) in [7, 11) is 0. The lowest BCUT2D eigenvalue weighted by molar-refractivity contribution is -0.123. The highest BCUT2D eigenvalue weighted by atomic mass is 16.4. The molecule has 2 N–H and O–H groups in total. The Morgan fingerprint density at radius 1 is 0.933 bits per heavy atom. The van der Waals surface area contributed by atoms with Gasteiger partial charge in [-0.3, -0.25) is 19.3 Å². The molecule has 3 amide bonds. The molecular weight excluding hydrogens is 384 g/mol. The van der Waals surface area contributed by atoms with E-state index >= 15 is 0 Å². The number of carboxylic acids is 1. The van der Waals surface area contributed by atoms with Gasteiger partial charge < -0.3 is 10.4 Å². The second kappa shape index (κ2) is 6.79. The zero-order chi connectivity index (χ0) is 21.0. The molecule has 0 spiro atoms. The molecule has 7 nitrogen and oxygen atoms in total. The number of benzene rings is 2. The van der Waals surface area contributed by atoms with Crippen LogP contribution in [0.3, 0.4) is 0 Å². The van der Waals surface area contributed by atoms with E-state index in [9.17, 15) is 24.3 Å². The molecule has 2 bridgehead atoms. The number of amides is 3. The van der Waals surface area contributed by atoms with E-state index in [1.54, 1.807) is 30.3 Å². The molecule has 30 heavy (non-hydrogen) atoms. The Morgan fingerprint density at radius 3 is 2.27 bits per heavy atom. The van der Waals surface area contributed by atoms with Crippen molar-refractivity contribution >= 4 is 35.1 Å². The van der Waals surface area contributed by atoms with Crippen LogP contribution >= 0.6 is 0 Å². The molecule has 2 aliphatic carbocycles. The molecule has 3 aliphatic rings. The predicted molar refractivity (Wildman–Crippen MR) is 108 cm³/mol. The highest BCUT2D eigenvalue weighted by molar-refractivity contribution is 6.23. The quantitative estimate of drug-likeness (QED) is 0.762. The number of anilines is 2. The Morgan fingerprint density at radius 2 is 1.60 bits per heavy atom. The number of nitrogens with one attached hydrogen (secondary N) is 1. The minimum atomic E-state index is -1.14. The fraction of sp³-hybridized carbons (Fsp3) is 0.304. The van der Waals surface area contributed by atoms with E-state index in [0.29, 0.717) is 17.5 Å². The topological polar surface area (TPSA) is 104 Å². The SMILES string of the molecule is O=C(Nc1ccccc1C(=O)O)c1cccc(N2C(=O)[C@@H]3[C@H]4CC[C@@H](C4)[C@@H]3C2=O)c1. The number of carbonyl (C=O) groups is 4. The van der Waals surface area contributed by atoms with Gasteiger partial charge >= 0.3 is 5.97 Å². The van der Waals surface area contributed by atoms with E-state index in [-0.39, 0.29) is 40.5 Å². The number of imide groups is 1. The summed E-state index contributed by atoms with van der Waals surface area (Å²) in [5.74, 6) is -1.84. The first-order valence-electron chi connectivity index (χ1n) is 10.1. The minimum absolute atomic E-state index is 0.0183. The molecule has 1 heterocycles. The molecule has 2 aromatic rings. The molecule has 1 saturated heterocycles. The number of rotatable bonds is 4. The maximum Gasteiger partial charge on any atom is 0.337 e. The first-order chi connectivity index (χ1) is 14.5. The van der Waals surface area contributed by atoms with Crippen molar-refractivity contribution in [1.29, 1.82) is 0 Å². The van der Waals surface area contributed by atoms with Crippen LogP contribution in [0.15, 0.2) is 48.5 Å². The molecular formula is C23H20N2O5. The van der Waals surface area contributed by atoms with Gasteiger partial charge in [-0.2, -0.15) is 0 Å². The maximum atomic E-state index is 13.0.